The van der Waals surface area contributed by atoms with Crippen LogP contribution in [0.2, 0.25) is 0 Å². The molecule has 1 fully saturated rings. The average Bonchev–Trinajstić information content (AvgIpc) is 3.03. The van der Waals surface area contributed by atoms with Gasteiger partial charge in [-0.15, -0.1) is 0 Å². The number of carbonyl (C=O) groups is 1. The van der Waals surface area contributed by atoms with Crippen molar-refractivity contribution in [2.75, 3.05) is 25.1 Å². The maximum Gasteiger partial charge on any atom is 0.414 e. The number of ether oxygens (including phenoxy) is 2. The van der Waals surface area contributed by atoms with E-state index in [1.54, 1.807) is 43.5 Å². The van der Waals surface area contributed by atoms with Crippen LogP contribution in [0.15, 0.2) is 48.5 Å². The van der Waals surface area contributed by atoms with Gasteiger partial charge in [-0.2, -0.15) is 0 Å². The number of cyclic esters (lactones) is 1. The Morgan fingerprint density at radius 2 is 1.81 bits per heavy atom. The second kappa shape index (κ2) is 7.98. The second-order valence-electron chi connectivity index (χ2n) is 6.41. The van der Waals surface area contributed by atoms with E-state index >= 15 is 0 Å². The van der Waals surface area contributed by atoms with Crippen molar-refractivity contribution in [3.63, 3.8) is 0 Å². The molecule has 3 rings (SSSR count). The van der Waals surface area contributed by atoms with E-state index in [2.05, 4.69) is 4.72 Å². The van der Waals surface area contributed by atoms with Gasteiger partial charge >= 0.3 is 6.09 Å². The molecule has 1 amide bonds. The van der Waals surface area contributed by atoms with Crippen molar-refractivity contribution in [1.29, 1.82) is 0 Å². The molecule has 1 aliphatic rings. The first-order valence-electron chi connectivity index (χ1n) is 8.51. The zero-order valence-corrected chi connectivity index (χ0v) is 16.0. The third-order valence-electron chi connectivity index (χ3n) is 4.27. The van der Waals surface area contributed by atoms with Gasteiger partial charge in [-0.05, 0) is 36.8 Å². The molecule has 27 heavy (non-hydrogen) atoms. The Balaban J connectivity index is 1.56. The molecule has 0 spiro atoms. The minimum absolute atomic E-state index is 0.0343. The molecule has 1 saturated heterocycles. The van der Waals surface area contributed by atoms with E-state index in [9.17, 15) is 13.2 Å². The molecule has 0 aromatic heterocycles. The van der Waals surface area contributed by atoms with Gasteiger partial charge in [-0.1, -0.05) is 29.8 Å². The fourth-order valence-corrected chi connectivity index (χ4v) is 3.95. The summed E-state index contributed by atoms with van der Waals surface area (Å²) < 4.78 is 37.4. The molecule has 1 unspecified atom stereocenters. The molecular formula is C19H22N2O5S. The Hall–Kier alpha value is -2.58. The number of rotatable bonds is 7. The summed E-state index contributed by atoms with van der Waals surface area (Å²) in [5.74, 6) is 0.572. The normalized spacial score (nSPS) is 17.0. The third-order valence-corrected chi connectivity index (χ3v) is 5.59. The second-order valence-corrected chi connectivity index (χ2v) is 8.21. The number of nitrogens with zero attached hydrogens (tertiary/aromatic N) is 1. The van der Waals surface area contributed by atoms with Gasteiger partial charge in [0.1, 0.15) is 11.9 Å². The van der Waals surface area contributed by atoms with Crippen LogP contribution >= 0.6 is 0 Å². The highest BCUT2D eigenvalue weighted by Gasteiger charge is 2.33. The Morgan fingerprint density at radius 1 is 1.15 bits per heavy atom. The van der Waals surface area contributed by atoms with Crippen LogP contribution in [-0.2, 0) is 20.5 Å². The van der Waals surface area contributed by atoms with Crippen molar-refractivity contribution in [3.05, 3.63) is 59.7 Å². The van der Waals surface area contributed by atoms with Crippen LogP contribution < -0.4 is 14.4 Å². The molecule has 8 heteroatoms. The SMILES string of the molecule is COc1ccc(N2CC(CNS(=O)(=O)Cc3ccc(C)cc3)OC2=O)cc1. The summed E-state index contributed by atoms with van der Waals surface area (Å²) in [6, 6.07) is 14.3. The van der Waals surface area contributed by atoms with Gasteiger partial charge in [0.05, 0.1) is 19.4 Å². The van der Waals surface area contributed by atoms with Gasteiger partial charge in [0.2, 0.25) is 10.0 Å². The van der Waals surface area contributed by atoms with Crippen LogP contribution in [0.25, 0.3) is 0 Å². The largest absolute Gasteiger partial charge is 0.497 e. The van der Waals surface area contributed by atoms with Crippen molar-refractivity contribution < 1.29 is 22.7 Å². The van der Waals surface area contributed by atoms with Crippen molar-refractivity contribution in [3.8, 4) is 5.75 Å². The highest BCUT2D eigenvalue weighted by atomic mass is 32.2. The maximum atomic E-state index is 12.3. The molecule has 7 nitrogen and oxygen atoms in total. The predicted molar refractivity (Wildman–Crippen MR) is 102 cm³/mol. The summed E-state index contributed by atoms with van der Waals surface area (Å²) in [5.41, 5.74) is 2.45. The fourth-order valence-electron chi connectivity index (χ4n) is 2.78. The zero-order valence-electron chi connectivity index (χ0n) is 15.2. The van der Waals surface area contributed by atoms with Crippen LogP contribution in [0.1, 0.15) is 11.1 Å². The molecule has 1 N–H and O–H groups in total. The lowest BCUT2D eigenvalue weighted by atomic mass is 10.2. The number of benzene rings is 2. The smallest absolute Gasteiger partial charge is 0.414 e. The number of anilines is 1. The Morgan fingerprint density at radius 3 is 2.44 bits per heavy atom. The van der Waals surface area contributed by atoms with Crippen molar-refractivity contribution in [1.82, 2.24) is 4.72 Å². The number of nitrogens with one attached hydrogen (secondary N) is 1. The van der Waals surface area contributed by atoms with Gasteiger partial charge in [-0.25, -0.2) is 17.9 Å². The Kier molecular flexibility index (Phi) is 5.67. The van der Waals surface area contributed by atoms with Crippen LogP contribution in [0.4, 0.5) is 10.5 Å². The summed E-state index contributed by atoms with van der Waals surface area (Å²) >= 11 is 0. The number of hydrogen-bond acceptors (Lipinski definition) is 5. The van der Waals surface area contributed by atoms with Crippen molar-refractivity contribution in [2.24, 2.45) is 0 Å². The summed E-state index contributed by atoms with van der Waals surface area (Å²) in [4.78, 5) is 13.6. The lowest BCUT2D eigenvalue weighted by Gasteiger charge is -2.13. The van der Waals surface area contributed by atoms with Crippen LogP contribution in [0.3, 0.4) is 0 Å². The Bertz CT molecular complexity index is 895. The van der Waals surface area contributed by atoms with E-state index in [0.29, 0.717) is 17.0 Å². The van der Waals surface area contributed by atoms with E-state index < -0.39 is 22.2 Å². The number of carbonyl (C=O) groups excluding carboxylic acids is 1. The molecule has 0 saturated carbocycles. The summed E-state index contributed by atoms with van der Waals surface area (Å²) in [6.45, 7) is 2.25. The lowest BCUT2D eigenvalue weighted by molar-refractivity contribution is 0.143. The molecule has 1 atom stereocenters. The van der Waals surface area contributed by atoms with Crippen LogP contribution in [0, 0.1) is 6.92 Å². The first kappa shape index (κ1) is 19.2. The Labute approximate surface area is 158 Å². The monoisotopic (exact) mass is 390 g/mol. The van der Waals surface area contributed by atoms with Crippen molar-refractivity contribution in [2.45, 2.75) is 18.8 Å². The topological polar surface area (TPSA) is 84.9 Å². The van der Waals surface area contributed by atoms with Gasteiger partial charge in [0, 0.05) is 12.2 Å². The molecule has 144 valence electrons. The highest BCUT2D eigenvalue weighted by molar-refractivity contribution is 7.88. The van der Waals surface area contributed by atoms with Gasteiger partial charge in [0.15, 0.2) is 0 Å². The number of sulfonamides is 1. The lowest BCUT2D eigenvalue weighted by Crippen LogP contribution is -2.35. The quantitative estimate of drug-likeness (QED) is 0.785. The molecule has 2 aromatic carbocycles. The maximum absolute atomic E-state index is 12.3. The first-order valence-corrected chi connectivity index (χ1v) is 10.2. The van der Waals surface area contributed by atoms with E-state index in [0.717, 1.165) is 5.56 Å². The van der Waals surface area contributed by atoms with Gasteiger partial charge < -0.3 is 9.47 Å². The third kappa shape index (κ3) is 4.99. The highest BCUT2D eigenvalue weighted by Crippen LogP contribution is 2.24. The van der Waals surface area contributed by atoms with Gasteiger partial charge in [0.25, 0.3) is 0 Å². The van der Waals surface area contributed by atoms with Crippen LogP contribution in [-0.4, -0.2) is 40.8 Å². The molecule has 1 heterocycles. The molecule has 1 aliphatic heterocycles. The standard InChI is InChI=1S/C19H22N2O5S/c1-14-3-5-15(6-4-14)13-27(23,24)20-11-18-12-21(19(22)26-18)16-7-9-17(25-2)10-8-16/h3-10,18,20H,11-13H2,1-2H3. The molecule has 0 bridgehead atoms. The molecule has 0 aliphatic carbocycles. The molecular weight excluding hydrogens is 368 g/mol. The van der Waals surface area contributed by atoms with Gasteiger partial charge in [-0.3, -0.25) is 4.90 Å². The summed E-state index contributed by atoms with van der Waals surface area (Å²) in [6.07, 6.45) is -1.05. The van der Waals surface area contributed by atoms with E-state index in [1.807, 2.05) is 19.1 Å². The average molecular weight is 390 g/mol. The number of aryl methyl sites for hydroxylation is 1. The molecule has 2 aromatic rings. The minimum atomic E-state index is -3.52. The first-order chi connectivity index (χ1) is 12.9. The summed E-state index contributed by atoms with van der Waals surface area (Å²) in [7, 11) is -1.95. The fraction of sp³-hybridized carbons (Fsp3) is 0.316. The minimum Gasteiger partial charge on any atom is -0.497 e. The molecule has 0 radical (unpaired) electrons. The number of amides is 1. The summed E-state index contributed by atoms with van der Waals surface area (Å²) in [5, 5.41) is 0. The van der Waals surface area contributed by atoms with E-state index in [1.165, 1.54) is 4.90 Å². The van der Waals surface area contributed by atoms with Crippen molar-refractivity contribution >= 4 is 21.8 Å². The van der Waals surface area contributed by atoms with E-state index in [-0.39, 0.29) is 18.8 Å². The van der Waals surface area contributed by atoms with E-state index in [4.69, 9.17) is 9.47 Å². The number of methoxy groups -OCH3 is 1. The van der Waals surface area contributed by atoms with Crippen LogP contribution in [0.5, 0.6) is 5.75 Å². The zero-order chi connectivity index (χ0) is 19.4. The predicted octanol–water partition coefficient (Wildman–Crippen LogP) is 2.45. The number of hydrogen-bond donors (Lipinski definition) is 1.